The molecule has 1 aromatic heterocycles. The summed E-state index contributed by atoms with van der Waals surface area (Å²) in [6.45, 7) is 6.49. The van der Waals surface area contributed by atoms with E-state index in [1.165, 1.54) is 12.1 Å². The number of carbonyl (C=O) groups is 1. The largest absolute Gasteiger partial charge is 0.337 e. The van der Waals surface area contributed by atoms with Gasteiger partial charge in [-0.1, -0.05) is 44.2 Å². The number of amides is 1. The molecular formula is C34H37FN4O3S. The van der Waals surface area contributed by atoms with Crippen LogP contribution >= 0.6 is 0 Å². The molecule has 2 aliphatic carbocycles. The molecule has 2 aliphatic rings. The highest BCUT2D eigenvalue weighted by Gasteiger charge is 2.46. The van der Waals surface area contributed by atoms with Gasteiger partial charge in [0.1, 0.15) is 11.6 Å². The smallest absolute Gasteiger partial charge is 0.241 e. The maximum absolute atomic E-state index is 14.1. The Morgan fingerprint density at radius 2 is 1.88 bits per heavy atom. The van der Waals surface area contributed by atoms with E-state index in [-0.39, 0.29) is 40.4 Å². The summed E-state index contributed by atoms with van der Waals surface area (Å²) in [4.78, 5) is 20.6. The van der Waals surface area contributed by atoms with Crippen molar-refractivity contribution in [1.82, 2.24) is 14.3 Å². The molecule has 43 heavy (non-hydrogen) atoms. The fraction of sp³-hybridized carbons (Fsp3) is 0.353. The van der Waals surface area contributed by atoms with E-state index < -0.39 is 16.1 Å². The molecular weight excluding hydrogens is 563 g/mol. The topological polar surface area (TPSA) is 84.3 Å². The number of nitrogens with zero attached hydrogens (tertiary/aromatic N) is 3. The van der Waals surface area contributed by atoms with Gasteiger partial charge in [0, 0.05) is 37.1 Å². The Hall–Kier alpha value is -3.82. The fourth-order valence-corrected chi connectivity index (χ4v) is 7.67. The number of sulfonamides is 1. The van der Waals surface area contributed by atoms with Crippen LogP contribution in [0.1, 0.15) is 73.1 Å². The van der Waals surface area contributed by atoms with Crippen LogP contribution in [0, 0.1) is 18.7 Å². The lowest BCUT2D eigenvalue weighted by molar-refractivity contribution is -0.120. The van der Waals surface area contributed by atoms with Crippen molar-refractivity contribution in [3.63, 3.8) is 0 Å². The third-order valence-corrected chi connectivity index (χ3v) is 10.5. The molecule has 7 nitrogen and oxygen atoms in total. The molecule has 0 spiro atoms. The number of hydrogen-bond donors (Lipinski definition) is 1. The minimum absolute atomic E-state index is 0.0239. The maximum atomic E-state index is 14.1. The lowest BCUT2D eigenvalue weighted by atomic mass is 9.71. The van der Waals surface area contributed by atoms with Crippen LogP contribution in [0.3, 0.4) is 0 Å². The molecule has 0 radical (unpaired) electrons. The Morgan fingerprint density at radius 3 is 2.58 bits per heavy atom. The van der Waals surface area contributed by atoms with Crippen molar-refractivity contribution in [2.24, 2.45) is 13.0 Å². The van der Waals surface area contributed by atoms with Gasteiger partial charge in [0.25, 0.3) is 0 Å². The van der Waals surface area contributed by atoms with Gasteiger partial charge in [-0.2, -0.15) is 0 Å². The molecule has 9 heteroatoms. The number of rotatable bonds is 8. The number of aromatic nitrogens is 2. The second-order valence-corrected chi connectivity index (χ2v) is 14.3. The predicted molar refractivity (Wildman–Crippen MR) is 165 cm³/mol. The number of nitrogens with one attached hydrogen (secondary N) is 1. The zero-order valence-electron chi connectivity index (χ0n) is 24.9. The van der Waals surface area contributed by atoms with Gasteiger partial charge in [-0.15, -0.1) is 0 Å². The van der Waals surface area contributed by atoms with Crippen LogP contribution in [-0.2, 0) is 33.8 Å². The zero-order valence-corrected chi connectivity index (χ0v) is 25.7. The number of fused-ring (bicyclic) bond motifs is 1. The molecule has 3 atom stereocenters. The van der Waals surface area contributed by atoms with Gasteiger partial charge >= 0.3 is 0 Å². The van der Waals surface area contributed by atoms with Gasteiger partial charge < -0.3 is 9.47 Å². The third kappa shape index (κ3) is 5.88. The number of anilines is 1. The first kappa shape index (κ1) is 29.3. The molecule has 0 bridgehead atoms. The Balaban J connectivity index is 1.36. The number of imidazole rings is 1. The standard InChI is InChI=1S/C34H37FN4O3S/c1-22-6-5-7-26(18-22)43(41,42)37-31-14-15-34(2,3)30-13-12-25(19-29(30)31)39(21-32-36-16-17-38(32)4)33(40)28-20-27(28)23-8-10-24(35)11-9-23/h5-13,16-19,27-28,31,37H,14-15,20-21H2,1-4H3/t27-,28-,31+/m1/s1. The molecule has 1 N–H and O–H groups in total. The van der Waals surface area contributed by atoms with Crippen LogP contribution in [0.15, 0.2) is 84.0 Å². The quantitative estimate of drug-likeness (QED) is 0.258. The Kier molecular flexibility index (Phi) is 7.50. The van der Waals surface area contributed by atoms with Crippen molar-refractivity contribution < 1.29 is 17.6 Å². The lowest BCUT2D eigenvalue weighted by Gasteiger charge is -2.38. The summed E-state index contributed by atoms with van der Waals surface area (Å²) < 4.78 is 45.4. The number of halogens is 1. The van der Waals surface area contributed by atoms with Gasteiger partial charge in [-0.25, -0.2) is 22.5 Å². The number of aryl methyl sites for hydroxylation is 2. The van der Waals surface area contributed by atoms with Crippen molar-refractivity contribution in [3.05, 3.63) is 113 Å². The average molecular weight is 601 g/mol. The zero-order chi connectivity index (χ0) is 30.5. The highest BCUT2D eigenvalue weighted by molar-refractivity contribution is 7.89. The molecule has 0 saturated heterocycles. The predicted octanol–water partition coefficient (Wildman–Crippen LogP) is 6.30. The van der Waals surface area contributed by atoms with E-state index in [4.69, 9.17) is 0 Å². The average Bonchev–Trinajstić information content (AvgIpc) is 3.67. The Bertz CT molecular complexity index is 1780. The minimum atomic E-state index is -3.77. The lowest BCUT2D eigenvalue weighted by Crippen LogP contribution is -2.37. The van der Waals surface area contributed by atoms with Crippen LogP contribution in [0.5, 0.6) is 0 Å². The van der Waals surface area contributed by atoms with Crippen LogP contribution in [0.2, 0.25) is 0 Å². The highest BCUT2D eigenvalue weighted by atomic mass is 32.2. The van der Waals surface area contributed by atoms with Gasteiger partial charge in [-0.05, 0) is 96.2 Å². The van der Waals surface area contributed by atoms with E-state index in [0.29, 0.717) is 18.5 Å². The van der Waals surface area contributed by atoms with E-state index in [1.54, 1.807) is 41.4 Å². The third-order valence-electron chi connectivity index (χ3n) is 9.00. The molecule has 1 saturated carbocycles. The first-order valence-electron chi connectivity index (χ1n) is 14.7. The molecule has 0 aliphatic heterocycles. The van der Waals surface area contributed by atoms with Gasteiger partial charge in [0.15, 0.2) is 0 Å². The van der Waals surface area contributed by atoms with E-state index >= 15 is 0 Å². The van der Waals surface area contributed by atoms with Crippen molar-refractivity contribution in [1.29, 1.82) is 0 Å². The van der Waals surface area contributed by atoms with Gasteiger partial charge in [0.05, 0.1) is 11.4 Å². The summed E-state index contributed by atoms with van der Waals surface area (Å²) in [6.07, 6.45) is 5.71. The van der Waals surface area contributed by atoms with E-state index in [0.717, 1.165) is 34.5 Å². The van der Waals surface area contributed by atoms with Crippen molar-refractivity contribution in [3.8, 4) is 0 Å². The molecule has 3 aromatic carbocycles. The number of hydrogen-bond acceptors (Lipinski definition) is 4. The molecule has 1 fully saturated rings. The van der Waals surface area contributed by atoms with E-state index in [1.807, 2.05) is 49.0 Å². The summed E-state index contributed by atoms with van der Waals surface area (Å²) in [7, 11) is -1.88. The van der Waals surface area contributed by atoms with E-state index in [2.05, 4.69) is 23.6 Å². The van der Waals surface area contributed by atoms with Crippen LogP contribution in [0.4, 0.5) is 10.1 Å². The summed E-state index contributed by atoms with van der Waals surface area (Å²) in [5.41, 5.74) is 4.33. The van der Waals surface area contributed by atoms with Crippen LogP contribution < -0.4 is 9.62 Å². The minimum Gasteiger partial charge on any atom is -0.337 e. The maximum Gasteiger partial charge on any atom is 0.241 e. The SMILES string of the molecule is Cc1cccc(S(=O)(=O)N[C@H]2CCC(C)(C)c3ccc(N(Cc4nccn4C)C(=O)[C@@H]4C[C@@H]4c4ccc(F)cc4)cc32)c1. The molecule has 0 unspecified atom stereocenters. The summed E-state index contributed by atoms with van der Waals surface area (Å²) in [5, 5.41) is 0. The number of benzene rings is 3. The second-order valence-electron chi connectivity index (χ2n) is 12.6. The summed E-state index contributed by atoms with van der Waals surface area (Å²) in [5.74, 6) is 0.218. The first-order chi connectivity index (χ1) is 20.4. The van der Waals surface area contributed by atoms with Crippen molar-refractivity contribution in [2.75, 3.05) is 4.90 Å². The van der Waals surface area contributed by atoms with Gasteiger partial charge in [-0.3, -0.25) is 4.79 Å². The fourth-order valence-electron chi connectivity index (χ4n) is 6.31. The molecule has 1 heterocycles. The highest BCUT2D eigenvalue weighted by Crippen LogP contribution is 2.50. The summed E-state index contributed by atoms with van der Waals surface area (Å²) >= 11 is 0. The monoisotopic (exact) mass is 600 g/mol. The molecule has 4 aromatic rings. The number of carbonyl (C=O) groups excluding carboxylic acids is 1. The van der Waals surface area contributed by atoms with Crippen molar-refractivity contribution >= 4 is 21.6 Å². The Morgan fingerprint density at radius 1 is 1.12 bits per heavy atom. The van der Waals surface area contributed by atoms with E-state index in [9.17, 15) is 17.6 Å². The summed E-state index contributed by atoms with van der Waals surface area (Å²) in [6, 6.07) is 18.8. The first-order valence-corrected chi connectivity index (χ1v) is 16.2. The van der Waals surface area contributed by atoms with Crippen LogP contribution in [-0.4, -0.2) is 23.9 Å². The Labute approximate surface area is 252 Å². The second kappa shape index (κ2) is 11.0. The van der Waals surface area contributed by atoms with Crippen LogP contribution in [0.25, 0.3) is 0 Å². The van der Waals surface area contributed by atoms with Gasteiger partial charge in [0.2, 0.25) is 15.9 Å². The normalized spacial score (nSPS) is 20.8. The van der Waals surface area contributed by atoms with Crippen molar-refractivity contribution in [2.45, 2.75) is 68.8 Å². The molecule has 1 amide bonds. The molecule has 6 rings (SSSR count). The molecule has 224 valence electrons.